The molecule has 0 aliphatic heterocycles. The molecule has 0 fully saturated rings. The molecule has 0 aromatic carbocycles. The lowest BCUT2D eigenvalue weighted by molar-refractivity contribution is 0.637. The predicted octanol–water partition coefficient (Wildman–Crippen LogP) is 4.81. The van der Waals surface area contributed by atoms with E-state index in [2.05, 4.69) is 35.5 Å². The molecule has 0 aliphatic rings. The summed E-state index contributed by atoms with van der Waals surface area (Å²) in [5, 5.41) is 0. The van der Waals surface area contributed by atoms with Gasteiger partial charge in [0.25, 0.3) is 0 Å². The summed E-state index contributed by atoms with van der Waals surface area (Å²) in [5.41, 5.74) is 0. The van der Waals surface area contributed by atoms with E-state index in [-0.39, 0.29) is 0 Å². The topological polar surface area (TPSA) is 0 Å². The zero-order chi connectivity index (χ0) is 9.23. The Bertz CT molecular complexity index is 136. The van der Waals surface area contributed by atoms with Crippen molar-refractivity contribution in [1.82, 2.24) is 0 Å². The van der Waals surface area contributed by atoms with Crippen LogP contribution in [0.5, 0.6) is 0 Å². The van der Waals surface area contributed by atoms with Crippen LogP contribution in [0.2, 0.25) is 0 Å². The molecule has 0 rings (SSSR count). The minimum atomic E-state index is 0.969. The Hall–Kier alpha value is -0.0400. The molecule has 0 amide bonds. The highest BCUT2D eigenvalue weighted by Crippen LogP contribution is 2.07. The zero-order valence-corrected chi connectivity index (χ0v) is 9.57. The van der Waals surface area contributed by atoms with Crippen LogP contribution in [-0.2, 0) is 0 Å². The lowest BCUT2D eigenvalue weighted by Gasteiger charge is -1.95. The van der Waals surface area contributed by atoms with Gasteiger partial charge in [-0.2, -0.15) is 0 Å². The van der Waals surface area contributed by atoms with Crippen molar-refractivity contribution < 1.29 is 0 Å². The number of allylic oxidation sites excluding steroid dienone is 3. The van der Waals surface area contributed by atoms with Crippen LogP contribution in [0.3, 0.4) is 0 Å². The van der Waals surface area contributed by atoms with Crippen molar-refractivity contribution in [3.05, 3.63) is 23.2 Å². The SMILES string of the molecule is C=C(Br)/C=C/CCCCCCC. The number of rotatable bonds is 7. The summed E-state index contributed by atoms with van der Waals surface area (Å²) in [6.07, 6.45) is 12.2. The molecule has 0 aliphatic carbocycles. The molecule has 0 saturated carbocycles. The second-order valence-electron chi connectivity index (χ2n) is 3.05. The van der Waals surface area contributed by atoms with Gasteiger partial charge >= 0.3 is 0 Å². The standard InChI is InChI=1S/C11H19Br/c1-3-4-5-6-7-8-9-10-11(2)12/h9-10H,2-8H2,1H3/b10-9+. The molecule has 0 atom stereocenters. The first-order chi connectivity index (χ1) is 5.77. The van der Waals surface area contributed by atoms with Gasteiger partial charge in [0.2, 0.25) is 0 Å². The Morgan fingerprint density at radius 1 is 1.25 bits per heavy atom. The minimum absolute atomic E-state index is 0.969. The molecule has 0 N–H and O–H groups in total. The molecule has 0 bridgehead atoms. The van der Waals surface area contributed by atoms with Crippen molar-refractivity contribution in [2.75, 3.05) is 0 Å². The van der Waals surface area contributed by atoms with Crippen molar-refractivity contribution in [1.29, 1.82) is 0 Å². The van der Waals surface area contributed by atoms with Gasteiger partial charge < -0.3 is 0 Å². The largest absolute Gasteiger partial charge is 0.0848 e. The molecule has 0 aromatic rings. The molecular formula is C11H19Br. The highest BCUT2D eigenvalue weighted by atomic mass is 79.9. The Balaban J connectivity index is 3.05. The van der Waals surface area contributed by atoms with E-state index in [4.69, 9.17) is 0 Å². The first kappa shape index (κ1) is 12.0. The monoisotopic (exact) mass is 230 g/mol. The predicted molar refractivity (Wildman–Crippen MR) is 60.6 cm³/mol. The van der Waals surface area contributed by atoms with Gasteiger partial charge in [0.05, 0.1) is 0 Å². The number of unbranched alkanes of at least 4 members (excludes halogenated alkanes) is 5. The van der Waals surface area contributed by atoms with E-state index in [0.717, 1.165) is 4.48 Å². The average Bonchev–Trinajstić information content (AvgIpc) is 2.02. The quantitative estimate of drug-likeness (QED) is 0.435. The van der Waals surface area contributed by atoms with Crippen LogP contribution < -0.4 is 0 Å². The van der Waals surface area contributed by atoms with E-state index in [1.165, 1.54) is 38.5 Å². The van der Waals surface area contributed by atoms with E-state index in [9.17, 15) is 0 Å². The van der Waals surface area contributed by atoms with Crippen molar-refractivity contribution in [2.24, 2.45) is 0 Å². The lowest BCUT2D eigenvalue weighted by Crippen LogP contribution is -1.75. The first-order valence-corrected chi connectivity index (χ1v) is 5.57. The molecule has 0 aromatic heterocycles. The lowest BCUT2D eigenvalue weighted by atomic mass is 10.1. The van der Waals surface area contributed by atoms with E-state index in [0.29, 0.717) is 0 Å². The van der Waals surface area contributed by atoms with Gasteiger partial charge in [-0.15, -0.1) is 0 Å². The smallest absolute Gasteiger partial charge is 0.00997 e. The Morgan fingerprint density at radius 3 is 2.50 bits per heavy atom. The molecule has 0 saturated heterocycles. The molecule has 0 radical (unpaired) electrons. The first-order valence-electron chi connectivity index (χ1n) is 4.78. The molecule has 70 valence electrons. The van der Waals surface area contributed by atoms with Crippen LogP contribution in [-0.4, -0.2) is 0 Å². The fourth-order valence-electron chi connectivity index (χ4n) is 1.08. The van der Waals surface area contributed by atoms with Crippen LogP contribution in [0, 0.1) is 0 Å². The van der Waals surface area contributed by atoms with E-state index < -0.39 is 0 Å². The third kappa shape index (κ3) is 9.96. The average molecular weight is 231 g/mol. The highest BCUT2D eigenvalue weighted by molar-refractivity contribution is 9.11. The Labute approximate surface area is 84.9 Å². The van der Waals surface area contributed by atoms with Crippen LogP contribution >= 0.6 is 15.9 Å². The zero-order valence-electron chi connectivity index (χ0n) is 7.98. The number of halogens is 1. The normalized spacial score (nSPS) is 10.8. The maximum Gasteiger partial charge on any atom is 0.00997 e. The fourth-order valence-corrected chi connectivity index (χ4v) is 1.26. The van der Waals surface area contributed by atoms with E-state index >= 15 is 0 Å². The van der Waals surface area contributed by atoms with Crippen molar-refractivity contribution in [2.45, 2.75) is 45.4 Å². The molecule has 1 heteroatoms. The second-order valence-corrected chi connectivity index (χ2v) is 4.07. The Kier molecular flexibility index (Phi) is 9.02. The molecule has 0 heterocycles. The molecule has 0 nitrogen and oxygen atoms in total. The molecule has 12 heavy (non-hydrogen) atoms. The summed E-state index contributed by atoms with van der Waals surface area (Å²) in [7, 11) is 0. The van der Waals surface area contributed by atoms with Crippen molar-refractivity contribution in [3.63, 3.8) is 0 Å². The second kappa shape index (κ2) is 9.05. The van der Waals surface area contributed by atoms with Crippen LogP contribution in [0.25, 0.3) is 0 Å². The van der Waals surface area contributed by atoms with Gasteiger partial charge in [0.15, 0.2) is 0 Å². The van der Waals surface area contributed by atoms with Gasteiger partial charge in [-0.3, -0.25) is 0 Å². The summed E-state index contributed by atoms with van der Waals surface area (Å²) in [6, 6.07) is 0. The summed E-state index contributed by atoms with van der Waals surface area (Å²) >= 11 is 3.29. The summed E-state index contributed by atoms with van der Waals surface area (Å²) in [4.78, 5) is 0. The van der Waals surface area contributed by atoms with Crippen molar-refractivity contribution in [3.8, 4) is 0 Å². The van der Waals surface area contributed by atoms with Crippen LogP contribution in [0.1, 0.15) is 45.4 Å². The molecule has 0 spiro atoms. The van der Waals surface area contributed by atoms with Crippen LogP contribution in [0.4, 0.5) is 0 Å². The number of hydrogen-bond acceptors (Lipinski definition) is 0. The fraction of sp³-hybridized carbons (Fsp3) is 0.636. The van der Waals surface area contributed by atoms with Gasteiger partial charge in [-0.25, -0.2) is 0 Å². The Morgan fingerprint density at radius 2 is 1.92 bits per heavy atom. The highest BCUT2D eigenvalue weighted by Gasteiger charge is 1.86. The van der Waals surface area contributed by atoms with Gasteiger partial charge in [-0.1, -0.05) is 67.3 Å². The summed E-state index contributed by atoms with van der Waals surface area (Å²) in [6.45, 7) is 5.98. The summed E-state index contributed by atoms with van der Waals surface area (Å²) < 4.78 is 0.969. The maximum atomic E-state index is 3.73. The molecular weight excluding hydrogens is 212 g/mol. The third-order valence-electron chi connectivity index (χ3n) is 1.77. The molecule has 0 unspecified atom stereocenters. The van der Waals surface area contributed by atoms with Crippen molar-refractivity contribution >= 4 is 15.9 Å². The number of hydrogen-bond donors (Lipinski definition) is 0. The van der Waals surface area contributed by atoms with Gasteiger partial charge in [0.1, 0.15) is 0 Å². The third-order valence-corrected chi connectivity index (χ3v) is 2.04. The maximum absolute atomic E-state index is 3.73. The van der Waals surface area contributed by atoms with Gasteiger partial charge in [-0.05, 0) is 12.8 Å². The van der Waals surface area contributed by atoms with E-state index in [1.807, 2.05) is 6.08 Å². The minimum Gasteiger partial charge on any atom is -0.0848 e. The summed E-state index contributed by atoms with van der Waals surface area (Å²) in [5.74, 6) is 0. The van der Waals surface area contributed by atoms with E-state index in [1.54, 1.807) is 0 Å². The van der Waals surface area contributed by atoms with Gasteiger partial charge in [0, 0.05) is 4.48 Å². The van der Waals surface area contributed by atoms with Crippen LogP contribution in [0.15, 0.2) is 23.2 Å².